The van der Waals surface area contributed by atoms with Crippen molar-refractivity contribution >= 4 is 39.8 Å². The Morgan fingerprint density at radius 3 is 2.71 bits per heavy atom. The number of hydrogen-bond donors (Lipinski definition) is 1. The number of guanidine groups is 1. The number of ether oxygens (including phenoxy) is 1. The Bertz CT molecular complexity index is 473. The molecular formula is C15H33IN4O3S. The number of aliphatic imine (C=N–C) groups is 1. The lowest BCUT2D eigenvalue weighted by molar-refractivity contribution is 0.153. The summed E-state index contributed by atoms with van der Waals surface area (Å²) in [5.41, 5.74) is 0. The van der Waals surface area contributed by atoms with Crippen LogP contribution in [-0.4, -0.2) is 95.7 Å². The van der Waals surface area contributed by atoms with Gasteiger partial charge in [-0.2, -0.15) is 0 Å². The highest BCUT2D eigenvalue weighted by Gasteiger charge is 2.24. The Morgan fingerprint density at radius 2 is 2.12 bits per heavy atom. The predicted octanol–water partition coefficient (Wildman–Crippen LogP) is 0.657. The van der Waals surface area contributed by atoms with Gasteiger partial charge in [0.1, 0.15) is 9.84 Å². The van der Waals surface area contributed by atoms with E-state index in [1.807, 2.05) is 7.05 Å². The van der Waals surface area contributed by atoms with Crippen LogP contribution in [0.5, 0.6) is 0 Å². The second-order valence-electron chi connectivity index (χ2n) is 6.02. The maximum Gasteiger partial charge on any atom is 0.193 e. The molecule has 144 valence electrons. The maximum absolute atomic E-state index is 11.0. The molecule has 0 aliphatic carbocycles. The predicted molar refractivity (Wildman–Crippen MR) is 110 cm³/mol. The highest BCUT2D eigenvalue weighted by Crippen LogP contribution is 2.17. The van der Waals surface area contributed by atoms with Crippen LogP contribution in [0.3, 0.4) is 0 Å². The van der Waals surface area contributed by atoms with Crippen LogP contribution in [-0.2, 0) is 14.6 Å². The molecule has 0 aromatic carbocycles. The quantitative estimate of drug-likeness (QED) is 0.228. The van der Waals surface area contributed by atoms with Gasteiger partial charge in [-0.15, -0.1) is 24.0 Å². The third-order valence-corrected chi connectivity index (χ3v) is 5.00. The number of nitrogens with one attached hydrogen (secondary N) is 1. The molecule has 1 heterocycles. The molecule has 0 bridgehead atoms. The van der Waals surface area contributed by atoms with Crippen LogP contribution >= 0.6 is 24.0 Å². The fourth-order valence-electron chi connectivity index (χ4n) is 2.85. The van der Waals surface area contributed by atoms with Gasteiger partial charge in [0.2, 0.25) is 0 Å². The van der Waals surface area contributed by atoms with Crippen LogP contribution in [0.25, 0.3) is 0 Å². The first kappa shape index (κ1) is 23.9. The molecule has 0 saturated carbocycles. The van der Waals surface area contributed by atoms with E-state index in [-0.39, 0.29) is 36.3 Å². The highest BCUT2D eigenvalue weighted by molar-refractivity contribution is 14.0. The average molecular weight is 476 g/mol. The number of sulfone groups is 1. The van der Waals surface area contributed by atoms with Crippen molar-refractivity contribution in [1.82, 2.24) is 15.1 Å². The van der Waals surface area contributed by atoms with E-state index in [1.165, 1.54) is 25.6 Å². The Labute approximate surface area is 164 Å². The van der Waals surface area contributed by atoms with E-state index in [0.717, 1.165) is 19.0 Å². The summed E-state index contributed by atoms with van der Waals surface area (Å²) in [6, 6.07) is 0.592. The van der Waals surface area contributed by atoms with Crippen molar-refractivity contribution in [2.24, 2.45) is 4.99 Å². The number of nitrogens with zero attached hydrogens (tertiary/aromatic N) is 3. The molecule has 1 aliphatic rings. The summed E-state index contributed by atoms with van der Waals surface area (Å²) in [7, 11) is 0.872. The van der Waals surface area contributed by atoms with Crippen LogP contribution < -0.4 is 5.32 Å². The molecule has 0 spiro atoms. The third kappa shape index (κ3) is 9.38. The topological polar surface area (TPSA) is 74.2 Å². The van der Waals surface area contributed by atoms with Crippen molar-refractivity contribution in [3.8, 4) is 0 Å². The lowest BCUT2D eigenvalue weighted by atomic mass is 10.2. The average Bonchev–Trinajstić information content (AvgIpc) is 2.92. The number of rotatable bonds is 9. The first-order valence-electron chi connectivity index (χ1n) is 8.28. The van der Waals surface area contributed by atoms with Crippen LogP contribution in [0.1, 0.15) is 19.8 Å². The van der Waals surface area contributed by atoms with Crippen LogP contribution in [0, 0.1) is 0 Å². The van der Waals surface area contributed by atoms with E-state index in [1.54, 1.807) is 7.05 Å². The number of halogens is 1. The lowest BCUT2D eigenvalue weighted by Crippen LogP contribution is -2.46. The van der Waals surface area contributed by atoms with E-state index in [0.29, 0.717) is 19.2 Å². The van der Waals surface area contributed by atoms with Crippen LogP contribution in [0.15, 0.2) is 4.99 Å². The van der Waals surface area contributed by atoms with Gasteiger partial charge < -0.3 is 15.0 Å². The molecule has 0 aromatic rings. The van der Waals surface area contributed by atoms with E-state index >= 15 is 0 Å². The summed E-state index contributed by atoms with van der Waals surface area (Å²) < 4.78 is 27.3. The zero-order valence-electron chi connectivity index (χ0n) is 15.3. The van der Waals surface area contributed by atoms with Gasteiger partial charge in [0.25, 0.3) is 0 Å². The van der Waals surface area contributed by atoms with E-state index in [2.05, 4.69) is 27.0 Å². The second-order valence-corrected chi connectivity index (χ2v) is 8.28. The fraction of sp³-hybridized carbons (Fsp3) is 0.933. The van der Waals surface area contributed by atoms with Gasteiger partial charge in [0, 0.05) is 39.5 Å². The molecule has 24 heavy (non-hydrogen) atoms. The second kappa shape index (κ2) is 12.3. The summed E-state index contributed by atoms with van der Waals surface area (Å²) in [5, 5.41) is 3.26. The monoisotopic (exact) mass is 476 g/mol. The van der Waals surface area contributed by atoms with Gasteiger partial charge in [0.05, 0.1) is 19.0 Å². The Balaban J connectivity index is 0.00000529. The van der Waals surface area contributed by atoms with Crippen molar-refractivity contribution in [3.05, 3.63) is 0 Å². The molecule has 1 saturated heterocycles. The smallest absolute Gasteiger partial charge is 0.193 e. The summed E-state index contributed by atoms with van der Waals surface area (Å²) >= 11 is 0. The lowest BCUT2D eigenvalue weighted by Gasteiger charge is -2.29. The largest absolute Gasteiger partial charge is 0.379 e. The normalized spacial score (nSPS) is 19.2. The highest BCUT2D eigenvalue weighted by atomic mass is 127. The SMILES string of the molecule is CCN1CCCC1CN(C)C(=NC)NCCOCCS(C)(=O)=O.I. The molecule has 9 heteroatoms. The molecule has 1 unspecified atom stereocenters. The van der Waals surface area contributed by atoms with Crippen molar-refractivity contribution in [3.63, 3.8) is 0 Å². The minimum Gasteiger partial charge on any atom is -0.379 e. The van der Waals surface area contributed by atoms with Crippen LogP contribution in [0.4, 0.5) is 0 Å². The summed E-state index contributed by atoms with van der Waals surface area (Å²) in [6.07, 6.45) is 3.73. The fourth-order valence-corrected chi connectivity index (χ4v) is 3.27. The summed E-state index contributed by atoms with van der Waals surface area (Å²) in [5.74, 6) is 0.913. The molecule has 1 rings (SSSR count). The molecule has 7 nitrogen and oxygen atoms in total. The molecule has 1 N–H and O–H groups in total. The first-order chi connectivity index (χ1) is 10.9. The number of likely N-dealkylation sites (N-methyl/N-ethyl adjacent to an activating group) is 2. The van der Waals surface area contributed by atoms with E-state index < -0.39 is 9.84 Å². The Hall–Kier alpha value is -0.130. The van der Waals surface area contributed by atoms with Crippen molar-refractivity contribution in [1.29, 1.82) is 0 Å². The third-order valence-electron chi connectivity index (χ3n) is 4.09. The molecule has 0 aromatic heterocycles. The Kier molecular flexibility index (Phi) is 12.2. The van der Waals surface area contributed by atoms with Gasteiger partial charge in [-0.05, 0) is 25.9 Å². The van der Waals surface area contributed by atoms with Crippen molar-refractivity contribution in [2.75, 3.05) is 65.5 Å². The van der Waals surface area contributed by atoms with Gasteiger partial charge in [-0.3, -0.25) is 9.89 Å². The minimum atomic E-state index is -2.95. The maximum atomic E-state index is 11.0. The molecule has 1 aliphatic heterocycles. The van der Waals surface area contributed by atoms with Crippen molar-refractivity contribution in [2.45, 2.75) is 25.8 Å². The first-order valence-corrected chi connectivity index (χ1v) is 10.3. The molecule has 0 amide bonds. The molecular weight excluding hydrogens is 443 g/mol. The standard InChI is InChI=1S/C15H32N4O3S.HI/c1-5-19-9-6-7-14(19)13-18(3)15(16-2)17-8-10-22-11-12-23(4,20)21;/h14H,5-13H2,1-4H3,(H,16,17);1H. The molecule has 1 fully saturated rings. The van der Waals surface area contributed by atoms with Gasteiger partial charge in [0.15, 0.2) is 5.96 Å². The summed E-state index contributed by atoms with van der Waals surface area (Å²) in [6.45, 7) is 6.77. The number of hydrogen-bond acceptors (Lipinski definition) is 5. The molecule has 1 atom stereocenters. The van der Waals surface area contributed by atoms with E-state index in [9.17, 15) is 8.42 Å². The Morgan fingerprint density at radius 1 is 1.42 bits per heavy atom. The zero-order valence-corrected chi connectivity index (χ0v) is 18.5. The van der Waals surface area contributed by atoms with Gasteiger partial charge in [-0.1, -0.05) is 6.92 Å². The summed E-state index contributed by atoms with van der Waals surface area (Å²) in [4.78, 5) is 8.96. The zero-order chi connectivity index (χ0) is 17.3. The number of likely N-dealkylation sites (tertiary alicyclic amines) is 1. The van der Waals surface area contributed by atoms with E-state index in [4.69, 9.17) is 4.74 Å². The van der Waals surface area contributed by atoms with Crippen molar-refractivity contribution < 1.29 is 13.2 Å². The van der Waals surface area contributed by atoms with Gasteiger partial charge in [-0.25, -0.2) is 8.42 Å². The van der Waals surface area contributed by atoms with Gasteiger partial charge >= 0.3 is 0 Å². The minimum absolute atomic E-state index is 0. The molecule has 0 radical (unpaired) electrons. The van der Waals surface area contributed by atoms with Crippen LogP contribution in [0.2, 0.25) is 0 Å².